The molecule has 0 unspecified atom stereocenters. The Kier molecular flexibility index (Phi) is 10.6. The maximum absolute atomic E-state index is 12.4. The predicted molar refractivity (Wildman–Crippen MR) is 117 cm³/mol. The summed E-state index contributed by atoms with van der Waals surface area (Å²) in [6.45, 7) is 2.40. The number of halogens is 6. The summed E-state index contributed by atoms with van der Waals surface area (Å²) >= 11 is 1.43. The summed E-state index contributed by atoms with van der Waals surface area (Å²) < 4.78 is 71.3. The number of ether oxygens (including phenoxy) is 1. The Bertz CT molecular complexity index is 1050. The highest BCUT2D eigenvalue weighted by Crippen LogP contribution is 2.30. The van der Waals surface area contributed by atoms with Crippen LogP contribution in [-0.4, -0.2) is 91.4 Å². The van der Waals surface area contributed by atoms with E-state index >= 15 is 0 Å². The van der Waals surface area contributed by atoms with Crippen LogP contribution in [0.4, 0.5) is 26.3 Å². The number of hydrogen-bond donors (Lipinski definition) is 3. The Hall–Kier alpha value is -3.25. The van der Waals surface area contributed by atoms with Gasteiger partial charge < -0.3 is 20.3 Å². The van der Waals surface area contributed by atoms with Crippen molar-refractivity contribution in [2.45, 2.75) is 49.9 Å². The van der Waals surface area contributed by atoms with Crippen molar-refractivity contribution in [1.82, 2.24) is 25.0 Å². The average Bonchev–Trinajstić information content (AvgIpc) is 3.55. The molecule has 2 aromatic heterocycles. The van der Waals surface area contributed by atoms with Crippen LogP contribution in [0, 0.1) is 0 Å². The first-order chi connectivity index (χ1) is 17.6. The summed E-state index contributed by atoms with van der Waals surface area (Å²) in [5, 5.41) is 23.4. The first-order valence-corrected chi connectivity index (χ1v) is 11.7. The molecule has 2 saturated heterocycles. The van der Waals surface area contributed by atoms with E-state index in [1.165, 1.54) is 16.9 Å². The number of fused-ring (bicyclic) bond motifs is 1. The summed E-state index contributed by atoms with van der Waals surface area (Å²) in [5.41, 5.74) is 3.35. The summed E-state index contributed by atoms with van der Waals surface area (Å²) in [6, 6.07) is 0.348. The highest BCUT2D eigenvalue weighted by molar-refractivity contribution is 7.07. The van der Waals surface area contributed by atoms with Gasteiger partial charge in [0.25, 0.3) is 5.91 Å². The number of aryl methyl sites for hydroxylation is 1. The van der Waals surface area contributed by atoms with Gasteiger partial charge in [-0.2, -0.15) is 31.4 Å². The van der Waals surface area contributed by atoms with Gasteiger partial charge in [0.2, 0.25) is 0 Å². The molecular weight excluding hydrogens is 552 g/mol. The number of carboxylic acid groups (broad SMARTS) is 2. The average molecular weight is 575 g/mol. The molecule has 2 aliphatic heterocycles. The molecule has 0 radical (unpaired) electrons. The van der Waals surface area contributed by atoms with Gasteiger partial charge in [-0.25, -0.2) is 14.6 Å². The largest absolute Gasteiger partial charge is 0.490 e. The molecular formula is C20H23F6N5O6S. The Morgan fingerprint density at radius 1 is 1.16 bits per heavy atom. The zero-order valence-electron chi connectivity index (χ0n) is 19.6. The molecule has 2 aliphatic rings. The van der Waals surface area contributed by atoms with Gasteiger partial charge in [0.15, 0.2) is 0 Å². The van der Waals surface area contributed by atoms with Crippen molar-refractivity contribution < 1.29 is 55.7 Å². The third kappa shape index (κ3) is 9.25. The molecule has 11 nitrogen and oxygen atoms in total. The van der Waals surface area contributed by atoms with E-state index in [0.717, 1.165) is 32.5 Å². The van der Waals surface area contributed by atoms with E-state index in [1.54, 1.807) is 10.9 Å². The first-order valence-electron chi connectivity index (χ1n) is 10.7. The number of hydrogen-bond acceptors (Lipinski definition) is 8. The van der Waals surface area contributed by atoms with Crippen molar-refractivity contribution in [2.24, 2.45) is 7.05 Å². The van der Waals surface area contributed by atoms with Crippen LogP contribution in [0.2, 0.25) is 0 Å². The molecule has 0 aromatic carbocycles. The Morgan fingerprint density at radius 2 is 1.76 bits per heavy atom. The quantitative estimate of drug-likeness (QED) is 0.468. The van der Waals surface area contributed by atoms with Crippen molar-refractivity contribution in [1.29, 1.82) is 0 Å². The standard InChI is InChI=1S/C16H21N5O2S.2C2HF3O2/c1-20-6-11(5-18-20)7-21-8-12(15-14(21)3-2-4-23-15)19-16(22)13-9-24-10-17-13;2*3-2(4,5)1(6)7/h5-6,9-10,12,14-15H,2-4,7-8H2,1H3,(H,19,22);2*(H,6,7)/t12-,14-,15-;;/m1../s1. The van der Waals surface area contributed by atoms with Gasteiger partial charge in [0.05, 0.1) is 23.9 Å². The molecule has 18 heteroatoms. The molecule has 0 spiro atoms. The van der Waals surface area contributed by atoms with Gasteiger partial charge in [-0.1, -0.05) is 0 Å². The molecule has 3 N–H and O–H groups in total. The van der Waals surface area contributed by atoms with Gasteiger partial charge in [0.1, 0.15) is 5.69 Å². The molecule has 38 heavy (non-hydrogen) atoms. The number of nitrogens with one attached hydrogen (secondary N) is 1. The van der Waals surface area contributed by atoms with Crippen molar-refractivity contribution in [3.63, 3.8) is 0 Å². The normalized spacial score (nSPS) is 21.3. The minimum atomic E-state index is -5.08. The van der Waals surface area contributed by atoms with Gasteiger partial charge >= 0.3 is 24.3 Å². The van der Waals surface area contributed by atoms with E-state index < -0.39 is 24.3 Å². The smallest absolute Gasteiger partial charge is 0.475 e. The summed E-state index contributed by atoms with van der Waals surface area (Å²) in [4.78, 5) is 36.6. The Morgan fingerprint density at radius 3 is 2.24 bits per heavy atom. The second kappa shape index (κ2) is 13.0. The van der Waals surface area contributed by atoms with E-state index in [2.05, 4.69) is 20.3 Å². The topological polar surface area (TPSA) is 147 Å². The monoisotopic (exact) mass is 575 g/mol. The van der Waals surface area contributed by atoms with Crippen molar-refractivity contribution in [3.05, 3.63) is 34.5 Å². The second-order valence-corrected chi connectivity index (χ2v) is 8.77. The molecule has 1 amide bonds. The van der Waals surface area contributed by atoms with Gasteiger partial charge in [-0.3, -0.25) is 14.4 Å². The van der Waals surface area contributed by atoms with E-state index in [4.69, 9.17) is 24.5 Å². The molecule has 4 rings (SSSR count). The van der Waals surface area contributed by atoms with E-state index in [9.17, 15) is 31.1 Å². The zero-order valence-corrected chi connectivity index (χ0v) is 20.4. The van der Waals surface area contributed by atoms with Crippen LogP contribution in [0.15, 0.2) is 23.3 Å². The molecule has 0 saturated carbocycles. The summed E-state index contributed by atoms with van der Waals surface area (Å²) in [7, 11) is 1.93. The Labute approximate surface area is 215 Å². The third-order valence-electron chi connectivity index (χ3n) is 5.24. The van der Waals surface area contributed by atoms with Crippen LogP contribution in [-0.2, 0) is 27.9 Å². The van der Waals surface area contributed by atoms with E-state index in [1.807, 2.05) is 24.1 Å². The molecule has 0 bridgehead atoms. The van der Waals surface area contributed by atoms with E-state index in [-0.39, 0.29) is 18.1 Å². The zero-order chi connectivity index (χ0) is 28.7. The number of rotatable bonds is 4. The molecule has 2 aromatic rings. The SMILES string of the molecule is Cn1cc(CN2C[C@@H](NC(=O)c3cscn3)[C@H]3OCCC[C@H]32)cn1.O=C(O)C(F)(F)F.O=C(O)C(F)(F)F. The lowest BCUT2D eigenvalue weighted by molar-refractivity contribution is -0.193. The lowest BCUT2D eigenvalue weighted by atomic mass is 10.0. The number of amides is 1. The lowest BCUT2D eigenvalue weighted by Gasteiger charge is -2.32. The number of nitrogens with zero attached hydrogens (tertiary/aromatic N) is 4. The third-order valence-corrected chi connectivity index (χ3v) is 5.83. The van der Waals surface area contributed by atoms with Crippen molar-refractivity contribution in [3.8, 4) is 0 Å². The highest BCUT2D eigenvalue weighted by Gasteiger charge is 2.44. The number of carboxylic acids is 2. The van der Waals surface area contributed by atoms with Crippen LogP contribution in [0.3, 0.4) is 0 Å². The van der Waals surface area contributed by atoms with Gasteiger partial charge in [-0.15, -0.1) is 11.3 Å². The predicted octanol–water partition coefficient (Wildman–Crippen LogP) is 2.30. The fourth-order valence-electron chi connectivity index (χ4n) is 3.72. The number of thiazole rings is 1. The number of aromatic nitrogens is 3. The van der Waals surface area contributed by atoms with Crippen molar-refractivity contribution in [2.75, 3.05) is 13.2 Å². The number of carbonyl (C=O) groups excluding carboxylic acids is 1. The molecule has 4 heterocycles. The summed E-state index contributed by atoms with van der Waals surface area (Å²) in [5.74, 6) is -5.63. The number of carbonyl (C=O) groups is 3. The van der Waals surface area contributed by atoms with Crippen LogP contribution < -0.4 is 5.32 Å². The number of likely N-dealkylation sites (tertiary alicyclic amines) is 1. The minimum Gasteiger partial charge on any atom is -0.475 e. The molecule has 2 fully saturated rings. The van der Waals surface area contributed by atoms with Gasteiger partial charge in [-0.05, 0) is 12.8 Å². The van der Waals surface area contributed by atoms with Crippen LogP contribution in [0.25, 0.3) is 0 Å². The lowest BCUT2D eigenvalue weighted by Crippen LogP contribution is -2.47. The number of alkyl halides is 6. The summed E-state index contributed by atoms with van der Waals surface area (Å²) in [6.07, 6.45) is -4.00. The van der Waals surface area contributed by atoms with Crippen LogP contribution >= 0.6 is 11.3 Å². The van der Waals surface area contributed by atoms with Gasteiger partial charge in [0, 0.05) is 49.9 Å². The first kappa shape index (κ1) is 31.0. The van der Waals surface area contributed by atoms with Crippen LogP contribution in [0.5, 0.6) is 0 Å². The van der Waals surface area contributed by atoms with E-state index in [0.29, 0.717) is 11.7 Å². The molecule has 3 atom stereocenters. The number of aliphatic carboxylic acids is 2. The maximum Gasteiger partial charge on any atom is 0.490 e. The fourth-order valence-corrected chi connectivity index (χ4v) is 4.25. The van der Waals surface area contributed by atoms with Crippen molar-refractivity contribution >= 4 is 29.2 Å². The minimum absolute atomic E-state index is 0.00108. The molecule has 0 aliphatic carbocycles. The molecule has 212 valence electrons. The maximum atomic E-state index is 12.4. The Balaban J connectivity index is 0.000000301. The second-order valence-electron chi connectivity index (χ2n) is 8.06. The highest BCUT2D eigenvalue weighted by atomic mass is 32.1. The fraction of sp³-hybridized carbons (Fsp3) is 0.550. The van der Waals surface area contributed by atoms with Crippen LogP contribution in [0.1, 0.15) is 28.9 Å².